The maximum absolute atomic E-state index is 14.0. The zero-order valence-corrected chi connectivity index (χ0v) is 25.0. The van der Waals surface area contributed by atoms with Gasteiger partial charge in [0.05, 0.1) is 15.6 Å². The number of anilines is 1. The Hall–Kier alpha value is -2.78. The molecule has 40 heavy (non-hydrogen) atoms. The van der Waals surface area contributed by atoms with Gasteiger partial charge in [-0.1, -0.05) is 84.0 Å². The largest absolute Gasteiger partial charge is 0.352 e. The summed E-state index contributed by atoms with van der Waals surface area (Å²) in [7, 11) is -4.20. The molecule has 7 nitrogen and oxygen atoms in total. The van der Waals surface area contributed by atoms with Crippen LogP contribution in [0.3, 0.4) is 0 Å². The zero-order chi connectivity index (χ0) is 28.9. The van der Waals surface area contributed by atoms with E-state index < -0.39 is 28.5 Å². The number of sulfonamides is 1. The number of hydrogen-bond donors (Lipinski definition) is 1. The highest BCUT2D eigenvalue weighted by molar-refractivity contribution is 7.92. The fourth-order valence-electron chi connectivity index (χ4n) is 4.69. The second-order valence-corrected chi connectivity index (χ2v) is 12.8. The predicted molar refractivity (Wildman–Crippen MR) is 159 cm³/mol. The van der Waals surface area contributed by atoms with Gasteiger partial charge in [0.15, 0.2) is 0 Å². The van der Waals surface area contributed by atoms with Crippen LogP contribution in [-0.4, -0.2) is 43.8 Å². The molecule has 0 aromatic heterocycles. The van der Waals surface area contributed by atoms with E-state index in [4.69, 9.17) is 34.8 Å². The maximum Gasteiger partial charge on any atom is 0.264 e. The van der Waals surface area contributed by atoms with Crippen molar-refractivity contribution in [3.63, 3.8) is 0 Å². The van der Waals surface area contributed by atoms with E-state index in [9.17, 15) is 18.0 Å². The lowest BCUT2D eigenvalue weighted by atomic mass is 10.1. The minimum absolute atomic E-state index is 0.00189. The van der Waals surface area contributed by atoms with Crippen molar-refractivity contribution in [2.24, 2.45) is 0 Å². The molecule has 0 unspecified atom stereocenters. The molecule has 0 spiro atoms. The van der Waals surface area contributed by atoms with Gasteiger partial charge in [0.2, 0.25) is 11.8 Å². The van der Waals surface area contributed by atoms with Gasteiger partial charge in [-0.05, 0) is 61.7 Å². The SMILES string of the molecule is C[C@H](C(=O)NC1CCCC1)N(Cc1ccc(Cl)cc1Cl)C(=O)CN(c1ccccc1Cl)S(=O)(=O)c1ccccc1. The van der Waals surface area contributed by atoms with Crippen molar-refractivity contribution >= 4 is 62.3 Å². The highest BCUT2D eigenvalue weighted by atomic mass is 35.5. The Morgan fingerprint density at radius 3 is 2.23 bits per heavy atom. The van der Waals surface area contributed by atoms with Crippen molar-refractivity contribution in [3.8, 4) is 0 Å². The first kappa shape index (κ1) is 30.2. The van der Waals surface area contributed by atoms with Gasteiger partial charge >= 0.3 is 0 Å². The van der Waals surface area contributed by atoms with Crippen molar-refractivity contribution in [1.82, 2.24) is 10.2 Å². The summed E-state index contributed by atoms with van der Waals surface area (Å²) in [5.74, 6) is -0.917. The summed E-state index contributed by atoms with van der Waals surface area (Å²) in [6, 6.07) is 18.2. The molecule has 11 heteroatoms. The number of amides is 2. The third kappa shape index (κ3) is 7.10. The van der Waals surface area contributed by atoms with E-state index in [1.54, 1.807) is 61.5 Å². The fourth-order valence-corrected chi connectivity index (χ4v) is 6.91. The Bertz CT molecular complexity index is 1460. The van der Waals surface area contributed by atoms with Crippen LogP contribution in [0, 0.1) is 0 Å². The van der Waals surface area contributed by atoms with Crippen LogP contribution in [0.2, 0.25) is 15.1 Å². The molecular weight excluding hydrogens is 593 g/mol. The van der Waals surface area contributed by atoms with E-state index in [1.165, 1.54) is 23.1 Å². The van der Waals surface area contributed by atoms with E-state index in [-0.39, 0.29) is 34.1 Å². The molecule has 2 amide bonds. The van der Waals surface area contributed by atoms with Crippen LogP contribution in [-0.2, 0) is 26.2 Å². The monoisotopic (exact) mass is 621 g/mol. The standard InChI is InChI=1S/C29H30Cl3N3O4S/c1-20(29(37)33-23-9-5-6-10-23)34(18-21-15-16-22(30)17-26(21)32)28(36)19-35(27-14-8-7-13-25(27)31)40(38,39)24-11-3-2-4-12-24/h2-4,7-8,11-17,20,23H,5-6,9-10,18-19H2,1H3,(H,33,37)/t20-/m1/s1. The molecule has 1 saturated carbocycles. The molecule has 3 aromatic carbocycles. The lowest BCUT2D eigenvalue weighted by molar-refractivity contribution is -0.139. The Labute approximate surface area is 250 Å². The average Bonchev–Trinajstić information content (AvgIpc) is 3.45. The van der Waals surface area contributed by atoms with Crippen molar-refractivity contribution < 1.29 is 18.0 Å². The van der Waals surface area contributed by atoms with Crippen LogP contribution < -0.4 is 9.62 Å². The van der Waals surface area contributed by atoms with Crippen molar-refractivity contribution in [2.75, 3.05) is 10.8 Å². The minimum atomic E-state index is -4.20. The number of carbonyl (C=O) groups is 2. The third-order valence-electron chi connectivity index (χ3n) is 6.96. The first-order valence-corrected chi connectivity index (χ1v) is 15.5. The highest BCUT2D eigenvalue weighted by Gasteiger charge is 2.34. The molecule has 0 saturated heterocycles. The molecule has 1 aliphatic rings. The molecule has 0 radical (unpaired) electrons. The summed E-state index contributed by atoms with van der Waals surface area (Å²) in [5.41, 5.74) is 0.712. The van der Waals surface area contributed by atoms with Crippen LogP contribution >= 0.6 is 34.8 Å². The second kappa shape index (κ2) is 13.3. The number of hydrogen-bond acceptors (Lipinski definition) is 4. The minimum Gasteiger partial charge on any atom is -0.352 e. The highest BCUT2D eigenvalue weighted by Crippen LogP contribution is 2.31. The summed E-state index contributed by atoms with van der Waals surface area (Å²) in [4.78, 5) is 28.6. The van der Waals surface area contributed by atoms with Gasteiger partial charge in [-0.2, -0.15) is 0 Å². The molecule has 1 atom stereocenters. The molecule has 1 aliphatic carbocycles. The first-order chi connectivity index (χ1) is 19.1. The van der Waals surface area contributed by atoms with Crippen molar-refractivity contribution in [2.45, 2.75) is 56.1 Å². The smallest absolute Gasteiger partial charge is 0.264 e. The van der Waals surface area contributed by atoms with Crippen LogP contribution in [0.4, 0.5) is 5.69 Å². The number of para-hydroxylation sites is 1. The van der Waals surface area contributed by atoms with Crippen molar-refractivity contribution in [1.29, 1.82) is 0 Å². The molecule has 3 aromatic rings. The van der Waals surface area contributed by atoms with E-state index in [2.05, 4.69) is 5.32 Å². The van der Waals surface area contributed by atoms with Gasteiger partial charge in [-0.15, -0.1) is 0 Å². The summed E-state index contributed by atoms with van der Waals surface area (Å²) >= 11 is 18.9. The summed E-state index contributed by atoms with van der Waals surface area (Å²) in [6.45, 7) is 1.00. The van der Waals surface area contributed by atoms with Gasteiger partial charge in [0.1, 0.15) is 12.6 Å². The molecule has 0 heterocycles. The lowest BCUT2D eigenvalue weighted by Crippen LogP contribution is -2.52. The third-order valence-corrected chi connectivity index (χ3v) is 9.64. The topological polar surface area (TPSA) is 86.8 Å². The van der Waals surface area contributed by atoms with E-state index in [0.29, 0.717) is 15.6 Å². The van der Waals surface area contributed by atoms with Gasteiger partial charge in [-0.3, -0.25) is 13.9 Å². The molecule has 212 valence electrons. The summed E-state index contributed by atoms with van der Waals surface area (Å²) in [6.07, 6.45) is 3.83. The van der Waals surface area contributed by atoms with Crippen LogP contribution in [0.1, 0.15) is 38.2 Å². The maximum atomic E-state index is 14.0. The van der Waals surface area contributed by atoms with E-state index in [1.807, 2.05) is 0 Å². The first-order valence-electron chi connectivity index (χ1n) is 12.9. The molecule has 1 N–H and O–H groups in total. The van der Waals surface area contributed by atoms with Crippen LogP contribution in [0.15, 0.2) is 77.7 Å². The van der Waals surface area contributed by atoms with Gasteiger partial charge in [0, 0.05) is 22.6 Å². The van der Waals surface area contributed by atoms with Crippen LogP contribution in [0.5, 0.6) is 0 Å². The van der Waals surface area contributed by atoms with E-state index >= 15 is 0 Å². The molecule has 4 rings (SSSR count). The Balaban J connectivity index is 1.70. The number of halogens is 3. The molecular formula is C29H30Cl3N3O4S. The molecule has 0 bridgehead atoms. The average molecular weight is 623 g/mol. The summed E-state index contributed by atoms with van der Waals surface area (Å²) in [5, 5.41) is 3.95. The number of nitrogens with one attached hydrogen (secondary N) is 1. The number of benzene rings is 3. The van der Waals surface area contributed by atoms with Gasteiger partial charge in [0.25, 0.3) is 10.0 Å². The summed E-state index contributed by atoms with van der Waals surface area (Å²) < 4.78 is 28.6. The zero-order valence-electron chi connectivity index (χ0n) is 21.9. The van der Waals surface area contributed by atoms with Crippen LogP contribution in [0.25, 0.3) is 0 Å². The number of carbonyl (C=O) groups excluding carboxylic acids is 2. The fraction of sp³-hybridized carbons (Fsp3) is 0.310. The number of nitrogens with zero attached hydrogens (tertiary/aromatic N) is 2. The second-order valence-electron chi connectivity index (χ2n) is 9.70. The van der Waals surface area contributed by atoms with Gasteiger partial charge in [-0.25, -0.2) is 8.42 Å². The molecule has 1 fully saturated rings. The van der Waals surface area contributed by atoms with Gasteiger partial charge < -0.3 is 10.2 Å². The Morgan fingerprint density at radius 2 is 1.57 bits per heavy atom. The predicted octanol–water partition coefficient (Wildman–Crippen LogP) is 6.32. The number of rotatable bonds is 10. The normalized spacial score (nSPS) is 14.5. The Morgan fingerprint density at radius 1 is 0.925 bits per heavy atom. The van der Waals surface area contributed by atoms with E-state index in [0.717, 1.165) is 30.0 Å². The lowest BCUT2D eigenvalue weighted by Gasteiger charge is -2.33. The molecule has 0 aliphatic heterocycles. The Kier molecular flexibility index (Phi) is 10.0. The quantitative estimate of drug-likeness (QED) is 0.287. The van der Waals surface area contributed by atoms with Crippen molar-refractivity contribution in [3.05, 3.63) is 93.4 Å².